The molecule has 22 nitrogen and oxygen atoms in total. The molecule has 0 amide bonds. The van der Waals surface area contributed by atoms with Gasteiger partial charge in [0.15, 0.2) is 12.6 Å². The summed E-state index contributed by atoms with van der Waals surface area (Å²) in [6, 6.07) is 5.93. The molecule has 0 aliphatic carbocycles. The molecular weight excluding hydrogens is 963 g/mol. The van der Waals surface area contributed by atoms with Gasteiger partial charge in [-0.05, 0) is 93.9 Å². The molecule has 5 rings (SSSR count). The predicted octanol–water partition coefficient (Wildman–Crippen LogP) is 3.51. The van der Waals surface area contributed by atoms with E-state index in [9.17, 15) is 40.4 Å². The first kappa shape index (κ1) is 61.1. The third kappa shape index (κ3) is 15.0. The third-order valence-electron chi connectivity index (χ3n) is 15.6. The Morgan fingerprint density at radius 2 is 1.61 bits per heavy atom. The van der Waals surface area contributed by atoms with Crippen molar-refractivity contribution in [1.29, 1.82) is 0 Å². The first-order chi connectivity index (χ1) is 34.6. The maximum atomic E-state index is 14.6. The van der Waals surface area contributed by atoms with E-state index in [0.29, 0.717) is 44.6 Å². The Morgan fingerprint density at radius 1 is 0.932 bits per heavy atom. The van der Waals surface area contributed by atoms with Crippen molar-refractivity contribution in [1.82, 2.24) is 24.8 Å². The molecule has 0 radical (unpaired) electrons. The fourth-order valence-corrected chi connectivity index (χ4v) is 10.9. The number of esters is 1. The molecule has 4 heterocycles. The van der Waals surface area contributed by atoms with Crippen molar-refractivity contribution in [2.45, 2.75) is 199 Å². The molecule has 420 valence electrons. The molecule has 3 aliphatic heterocycles. The predicted molar refractivity (Wildman–Crippen MR) is 273 cm³/mol. The van der Waals surface area contributed by atoms with Crippen LogP contribution in [-0.4, -0.2) is 199 Å². The van der Waals surface area contributed by atoms with Gasteiger partial charge in [-0.1, -0.05) is 50.2 Å². The Bertz CT molecular complexity index is 2130. The van der Waals surface area contributed by atoms with Crippen LogP contribution in [-0.2, 0) is 57.4 Å². The van der Waals surface area contributed by atoms with Gasteiger partial charge in [-0.2, -0.15) is 0 Å². The van der Waals surface area contributed by atoms with Crippen LogP contribution in [0.3, 0.4) is 0 Å². The number of aliphatic hydroxyl groups excluding tert-OH is 3. The quantitative estimate of drug-likeness (QED) is 0.0618. The third-order valence-corrected chi connectivity index (χ3v) is 15.6. The number of carbonyl (C=O) groups excluding carboxylic acids is 1. The summed E-state index contributed by atoms with van der Waals surface area (Å²) in [5.74, 6) is -4.24. The maximum Gasteiger partial charge on any atom is 0.311 e. The minimum absolute atomic E-state index is 0.0298. The number of nitro groups is 1. The fourth-order valence-electron chi connectivity index (χ4n) is 10.9. The number of benzene rings is 1. The number of nitrogens with zero attached hydrogens (tertiary/aromatic N) is 7. The first-order valence-corrected chi connectivity index (χ1v) is 26.2. The van der Waals surface area contributed by atoms with Crippen LogP contribution in [0.15, 0.2) is 35.6 Å². The van der Waals surface area contributed by atoms with Crippen LogP contribution >= 0.6 is 0 Å². The van der Waals surface area contributed by atoms with Crippen LogP contribution in [0.1, 0.15) is 106 Å². The Kier molecular flexibility index (Phi) is 21.5. The van der Waals surface area contributed by atoms with E-state index < -0.39 is 119 Å². The summed E-state index contributed by atoms with van der Waals surface area (Å²) < 4.78 is 40.1. The van der Waals surface area contributed by atoms with Crippen molar-refractivity contribution < 1.29 is 68.5 Å². The number of rotatable bonds is 18. The van der Waals surface area contributed by atoms with Gasteiger partial charge >= 0.3 is 5.97 Å². The maximum absolute atomic E-state index is 14.6. The second-order valence-corrected chi connectivity index (χ2v) is 22.1. The molecule has 3 saturated heterocycles. The van der Waals surface area contributed by atoms with Gasteiger partial charge in [0, 0.05) is 81.7 Å². The Labute approximate surface area is 436 Å². The number of non-ortho nitro benzene ring substituents is 1. The van der Waals surface area contributed by atoms with E-state index in [1.165, 1.54) is 26.2 Å². The highest BCUT2D eigenvalue weighted by atomic mass is 16.7. The lowest BCUT2D eigenvalue weighted by molar-refractivity contribution is -0.384. The van der Waals surface area contributed by atoms with Gasteiger partial charge in [-0.3, -0.25) is 19.6 Å². The number of oxime groups is 1. The van der Waals surface area contributed by atoms with E-state index >= 15 is 0 Å². The number of likely N-dealkylation sites (N-methyl/N-ethyl adjacent to an activating group) is 2. The number of cyclic esters (lactones) is 1. The summed E-state index contributed by atoms with van der Waals surface area (Å²) in [6.45, 7) is 18.8. The molecule has 0 unspecified atom stereocenters. The summed E-state index contributed by atoms with van der Waals surface area (Å²) in [5, 5.41) is 84.9. The van der Waals surface area contributed by atoms with Crippen LogP contribution in [0.4, 0.5) is 5.69 Å². The molecule has 1 aromatic carbocycles. The number of ether oxygens (including phenoxy) is 6. The Balaban J connectivity index is 1.48. The number of aryl methyl sites for hydroxylation is 2. The van der Waals surface area contributed by atoms with Crippen LogP contribution < -0.4 is 0 Å². The summed E-state index contributed by atoms with van der Waals surface area (Å²) in [6.07, 6.45) is -7.22. The number of aliphatic hydroxyl groups is 5. The van der Waals surface area contributed by atoms with Gasteiger partial charge in [-0.25, -0.2) is 0 Å². The number of carbonyl (C=O) groups is 1. The molecule has 0 spiro atoms. The van der Waals surface area contributed by atoms with E-state index in [-0.39, 0.29) is 31.6 Å². The van der Waals surface area contributed by atoms with Crippen molar-refractivity contribution in [3.05, 3.63) is 51.8 Å². The van der Waals surface area contributed by atoms with Crippen molar-refractivity contribution in [3.63, 3.8) is 0 Å². The Hall–Kier alpha value is -3.78. The van der Waals surface area contributed by atoms with Crippen LogP contribution in [0.25, 0.3) is 0 Å². The number of methoxy groups -OCH3 is 1. The molecular formula is C52H87N7O15. The molecule has 1 aromatic heterocycles. The molecule has 0 saturated carbocycles. The molecule has 3 aliphatic rings. The zero-order valence-corrected chi connectivity index (χ0v) is 46.1. The highest BCUT2D eigenvalue weighted by Crippen LogP contribution is 2.41. The topological polar surface area (TPSA) is 276 Å². The fraction of sp³-hybridized carbons (Fsp3) is 0.808. The van der Waals surface area contributed by atoms with Crippen molar-refractivity contribution in [2.75, 3.05) is 47.9 Å². The number of nitro benzene ring substituents is 1. The van der Waals surface area contributed by atoms with Crippen LogP contribution in [0, 0.1) is 33.8 Å². The molecule has 3 fully saturated rings. The highest BCUT2D eigenvalue weighted by molar-refractivity contribution is 5.88. The van der Waals surface area contributed by atoms with E-state index in [2.05, 4.69) is 15.5 Å². The van der Waals surface area contributed by atoms with E-state index in [1.807, 2.05) is 51.0 Å². The number of aromatic nitrogens is 3. The van der Waals surface area contributed by atoms with Gasteiger partial charge in [-0.15, -0.1) is 5.10 Å². The first-order valence-electron chi connectivity index (χ1n) is 26.2. The molecule has 5 N–H and O–H groups in total. The summed E-state index contributed by atoms with van der Waals surface area (Å²) >= 11 is 0. The minimum Gasteiger partial charge on any atom is -0.459 e. The van der Waals surface area contributed by atoms with E-state index in [1.54, 1.807) is 65.3 Å². The minimum atomic E-state index is -1.97. The monoisotopic (exact) mass is 1050 g/mol. The highest BCUT2D eigenvalue weighted by Gasteiger charge is 2.53. The van der Waals surface area contributed by atoms with Crippen LogP contribution in [0.5, 0.6) is 0 Å². The van der Waals surface area contributed by atoms with Crippen molar-refractivity contribution in [2.24, 2.45) is 28.8 Å². The lowest BCUT2D eigenvalue weighted by Gasteiger charge is -2.49. The second-order valence-electron chi connectivity index (χ2n) is 22.1. The van der Waals surface area contributed by atoms with Gasteiger partial charge in [0.05, 0.1) is 64.0 Å². The van der Waals surface area contributed by atoms with Crippen molar-refractivity contribution >= 4 is 17.4 Å². The number of hydrogen-bond acceptors (Lipinski definition) is 20. The SMILES string of the molecule is CC[C@H]1OC(=O)[C@H](C)[C@@H](O[C@H]2C[C@@](C)(OC)[C@@H](O)[C@H](C)O2)[C@H](C)[C@@H](O[C@@H]2O[C@H](C)C[C@H](N(C)CCc3cn(CCc4ccc([N+](=O)[O-])cc4)nn3)[C@H]2O)[C@](C)(O)C[C@@H](C)/C(=N\OCCN(C)C)[C@H](C)[C@@H](O)[C@]1(C)O. The molecule has 2 aromatic rings. The van der Waals surface area contributed by atoms with Crippen molar-refractivity contribution in [3.8, 4) is 0 Å². The largest absolute Gasteiger partial charge is 0.459 e. The zero-order chi connectivity index (χ0) is 55.0. The molecule has 22 heteroatoms. The molecule has 0 bridgehead atoms. The standard InChI is InChI=1S/C52H87N7O15/c1-15-40-52(10,65)45(61)32(4)42(54-69-25-24-56(11)12)30(2)27-50(8,64)47(33(5)44(34(6)48(63)72-40)73-41-28-51(9,68-14)46(62)35(7)71-41)74-49-43(60)39(26-31(3)70-49)57(13)22-21-37-29-58(55-53-37)23-20-36-16-18-38(19-17-36)59(66)67/h16-19,29-35,39-41,43-47,49,60-62,64-65H,15,20-28H2,1-14H3/b54-42+/t30-,31-,32+,33+,34-,35+,39+,40-,41+,43-,44+,45-,46+,47-,49+,50-,51-,52-/m1/s1. The van der Waals surface area contributed by atoms with Gasteiger partial charge in [0.25, 0.3) is 5.69 Å². The lowest BCUT2D eigenvalue weighted by Crippen LogP contribution is -2.61. The van der Waals surface area contributed by atoms with Gasteiger partial charge in [0.1, 0.15) is 30.5 Å². The van der Waals surface area contributed by atoms with Gasteiger partial charge in [0.2, 0.25) is 0 Å². The van der Waals surface area contributed by atoms with Gasteiger partial charge < -0.3 is 68.6 Å². The average Bonchev–Trinajstić information content (AvgIpc) is 3.81. The summed E-state index contributed by atoms with van der Waals surface area (Å²) in [5.41, 5.74) is -2.85. The second kappa shape index (κ2) is 26.0. The van der Waals surface area contributed by atoms with E-state index in [0.717, 1.165) is 11.3 Å². The lowest BCUT2D eigenvalue weighted by atomic mass is 9.73. The van der Waals surface area contributed by atoms with Crippen LogP contribution in [0.2, 0.25) is 0 Å². The molecule has 18 atom stereocenters. The summed E-state index contributed by atoms with van der Waals surface area (Å²) in [7, 11) is 7.18. The number of hydrogen-bond donors (Lipinski definition) is 5. The Morgan fingerprint density at radius 3 is 2.23 bits per heavy atom. The molecule has 74 heavy (non-hydrogen) atoms. The average molecular weight is 1050 g/mol. The normalized spacial score (nSPS) is 38.5. The summed E-state index contributed by atoms with van der Waals surface area (Å²) in [4.78, 5) is 35.0. The zero-order valence-electron chi connectivity index (χ0n) is 46.1. The smallest absolute Gasteiger partial charge is 0.311 e. The van der Waals surface area contributed by atoms with E-state index in [4.69, 9.17) is 33.3 Å².